The van der Waals surface area contributed by atoms with E-state index < -0.39 is 0 Å². The van der Waals surface area contributed by atoms with Crippen LogP contribution < -0.4 is 5.73 Å². The summed E-state index contributed by atoms with van der Waals surface area (Å²) in [5, 5.41) is 0. The molecule has 0 aromatic heterocycles. The second-order valence-corrected chi connectivity index (χ2v) is 2.91. The quantitative estimate of drug-likeness (QED) is 0.623. The van der Waals surface area contributed by atoms with Crippen LogP contribution in [-0.2, 0) is 0 Å². The number of hydrogen-bond acceptors (Lipinski definition) is 2. The van der Waals surface area contributed by atoms with Crippen LogP contribution in [0.5, 0.6) is 0 Å². The fourth-order valence-electron chi connectivity index (χ4n) is 1.37. The van der Waals surface area contributed by atoms with Crippen LogP contribution in [0.2, 0.25) is 0 Å². The van der Waals surface area contributed by atoms with Gasteiger partial charge in [-0.15, -0.1) is 0 Å². The molecule has 0 spiro atoms. The van der Waals surface area contributed by atoms with Crippen LogP contribution in [-0.4, -0.2) is 18.0 Å². The van der Waals surface area contributed by atoms with E-state index in [1.807, 2.05) is 0 Å². The SMILES string of the molecule is NCC1=CC2=CC=CCN2C=C1. The summed E-state index contributed by atoms with van der Waals surface area (Å²) in [4.78, 5) is 2.19. The van der Waals surface area contributed by atoms with E-state index in [2.05, 4.69) is 41.5 Å². The molecule has 62 valence electrons. The summed E-state index contributed by atoms with van der Waals surface area (Å²) >= 11 is 0. The Bertz CT molecular complexity index is 295. The summed E-state index contributed by atoms with van der Waals surface area (Å²) in [6.07, 6.45) is 12.6. The molecule has 0 amide bonds. The van der Waals surface area contributed by atoms with E-state index in [0.29, 0.717) is 6.54 Å². The molecule has 0 saturated heterocycles. The molecule has 2 N–H and O–H groups in total. The third-order valence-corrected chi connectivity index (χ3v) is 2.07. The van der Waals surface area contributed by atoms with Crippen molar-refractivity contribution in [2.75, 3.05) is 13.1 Å². The Kier molecular flexibility index (Phi) is 1.84. The van der Waals surface area contributed by atoms with Crippen molar-refractivity contribution in [2.24, 2.45) is 5.73 Å². The highest BCUT2D eigenvalue weighted by Gasteiger charge is 2.09. The number of fused-ring (bicyclic) bond motifs is 1. The van der Waals surface area contributed by atoms with E-state index in [9.17, 15) is 0 Å². The molecular weight excluding hydrogens is 148 g/mol. The third-order valence-electron chi connectivity index (χ3n) is 2.07. The maximum atomic E-state index is 5.54. The molecule has 0 fully saturated rings. The van der Waals surface area contributed by atoms with Gasteiger partial charge in [0.15, 0.2) is 0 Å². The maximum Gasteiger partial charge on any atom is 0.0412 e. The zero-order valence-corrected chi connectivity index (χ0v) is 6.90. The highest BCUT2D eigenvalue weighted by atomic mass is 15.1. The summed E-state index contributed by atoms with van der Waals surface area (Å²) in [6.45, 7) is 1.59. The molecule has 2 aliphatic rings. The van der Waals surface area contributed by atoms with Crippen LogP contribution >= 0.6 is 0 Å². The first kappa shape index (κ1) is 7.37. The van der Waals surface area contributed by atoms with E-state index in [1.54, 1.807) is 0 Å². The van der Waals surface area contributed by atoms with Gasteiger partial charge in [-0.05, 0) is 23.8 Å². The number of nitrogens with two attached hydrogens (primary N) is 1. The fraction of sp³-hybridized carbons (Fsp3) is 0.200. The predicted octanol–water partition coefficient (Wildman–Crippen LogP) is 1.15. The Morgan fingerprint density at radius 1 is 1.50 bits per heavy atom. The number of rotatable bonds is 1. The maximum absolute atomic E-state index is 5.54. The first-order chi connectivity index (χ1) is 5.90. The minimum Gasteiger partial charge on any atom is -0.344 e. The molecule has 2 rings (SSSR count). The Labute approximate surface area is 72.4 Å². The van der Waals surface area contributed by atoms with E-state index in [-0.39, 0.29) is 0 Å². The minimum absolute atomic E-state index is 0.616. The summed E-state index contributed by atoms with van der Waals surface area (Å²) in [5.41, 5.74) is 7.97. The van der Waals surface area contributed by atoms with Gasteiger partial charge in [0.25, 0.3) is 0 Å². The summed E-state index contributed by atoms with van der Waals surface area (Å²) in [5.74, 6) is 0. The van der Waals surface area contributed by atoms with E-state index in [1.165, 1.54) is 11.3 Å². The predicted molar refractivity (Wildman–Crippen MR) is 50.2 cm³/mol. The lowest BCUT2D eigenvalue weighted by atomic mass is 10.1. The van der Waals surface area contributed by atoms with Gasteiger partial charge >= 0.3 is 0 Å². The largest absolute Gasteiger partial charge is 0.344 e. The van der Waals surface area contributed by atoms with Crippen molar-refractivity contribution in [1.29, 1.82) is 0 Å². The average Bonchev–Trinajstić information content (AvgIpc) is 2.17. The minimum atomic E-state index is 0.616. The summed E-state index contributed by atoms with van der Waals surface area (Å²) < 4.78 is 0. The van der Waals surface area contributed by atoms with Crippen LogP contribution in [0.4, 0.5) is 0 Å². The molecule has 2 heterocycles. The van der Waals surface area contributed by atoms with Crippen LogP contribution in [0.25, 0.3) is 0 Å². The Morgan fingerprint density at radius 3 is 3.25 bits per heavy atom. The van der Waals surface area contributed by atoms with Gasteiger partial charge in [0, 0.05) is 25.0 Å². The normalized spacial score (nSPS) is 20.2. The van der Waals surface area contributed by atoms with E-state index in [4.69, 9.17) is 5.73 Å². The molecule has 0 aliphatic carbocycles. The smallest absolute Gasteiger partial charge is 0.0412 e. The topological polar surface area (TPSA) is 29.3 Å². The second-order valence-electron chi connectivity index (χ2n) is 2.91. The Balaban J connectivity index is 2.29. The highest BCUT2D eigenvalue weighted by Crippen LogP contribution is 2.18. The molecular formula is C10H12N2. The van der Waals surface area contributed by atoms with Gasteiger partial charge in [0.05, 0.1) is 0 Å². The van der Waals surface area contributed by atoms with Crippen LogP contribution in [0, 0.1) is 0 Å². The zero-order chi connectivity index (χ0) is 8.39. The van der Waals surface area contributed by atoms with Gasteiger partial charge in [-0.2, -0.15) is 0 Å². The van der Waals surface area contributed by atoms with Gasteiger partial charge in [-0.1, -0.05) is 12.2 Å². The fourth-order valence-corrected chi connectivity index (χ4v) is 1.37. The molecule has 2 aliphatic heterocycles. The van der Waals surface area contributed by atoms with Gasteiger partial charge in [0.2, 0.25) is 0 Å². The number of allylic oxidation sites excluding steroid dienone is 3. The molecule has 0 atom stereocenters. The van der Waals surface area contributed by atoms with Crippen molar-refractivity contribution >= 4 is 0 Å². The molecule has 12 heavy (non-hydrogen) atoms. The van der Waals surface area contributed by atoms with Crippen LogP contribution in [0.3, 0.4) is 0 Å². The highest BCUT2D eigenvalue weighted by molar-refractivity contribution is 5.39. The van der Waals surface area contributed by atoms with Gasteiger partial charge in [0.1, 0.15) is 0 Å². The van der Waals surface area contributed by atoms with Crippen LogP contribution in [0.15, 0.2) is 47.9 Å². The Hall–Kier alpha value is -1.28. The van der Waals surface area contributed by atoms with Crippen molar-refractivity contribution in [2.45, 2.75) is 0 Å². The summed E-state index contributed by atoms with van der Waals surface area (Å²) in [7, 11) is 0. The molecule has 2 heteroatoms. The number of nitrogens with zero attached hydrogens (tertiary/aromatic N) is 1. The van der Waals surface area contributed by atoms with Gasteiger partial charge < -0.3 is 10.6 Å². The van der Waals surface area contributed by atoms with E-state index >= 15 is 0 Å². The number of hydrogen-bond donors (Lipinski definition) is 1. The van der Waals surface area contributed by atoms with Gasteiger partial charge in [-0.3, -0.25) is 0 Å². The molecule has 2 nitrogen and oxygen atoms in total. The van der Waals surface area contributed by atoms with Crippen molar-refractivity contribution in [1.82, 2.24) is 4.90 Å². The first-order valence-electron chi connectivity index (χ1n) is 4.12. The van der Waals surface area contributed by atoms with Crippen molar-refractivity contribution in [3.8, 4) is 0 Å². The van der Waals surface area contributed by atoms with E-state index in [0.717, 1.165) is 6.54 Å². The third kappa shape index (κ3) is 1.21. The molecule has 0 unspecified atom stereocenters. The molecule has 0 aromatic rings. The second kappa shape index (κ2) is 2.99. The van der Waals surface area contributed by atoms with Crippen molar-refractivity contribution in [3.63, 3.8) is 0 Å². The monoisotopic (exact) mass is 160 g/mol. The lowest BCUT2D eigenvalue weighted by molar-refractivity contribution is 0.521. The summed E-state index contributed by atoms with van der Waals surface area (Å²) in [6, 6.07) is 0. The lowest BCUT2D eigenvalue weighted by Crippen LogP contribution is -2.21. The lowest BCUT2D eigenvalue weighted by Gasteiger charge is -2.25. The first-order valence-corrected chi connectivity index (χ1v) is 4.12. The molecule has 0 radical (unpaired) electrons. The standard InChI is InChI=1S/C10H12N2/c11-8-9-4-6-12-5-2-1-3-10(12)7-9/h1-4,6-7H,5,8,11H2. The molecule has 0 bridgehead atoms. The average molecular weight is 160 g/mol. The zero-order valence-electron chi connectivity index (χ0n) is 6.90. The Morgan fingerprint density at radius 2 is 2.42 bits per heavy atom. The molecule has 0 aromatic carbocycles. The molecule has 0 saturated carbocycles. The van der Waals surface area contributed by atoms with Gasteiger partial charge in [-0.25, -0.2) is 0 Å². The van der Waals surface area contributed by atoms with Crippen LogP contribution in [0.1, 0.15) is 0 Å². The van der Waals surface area contributed by atoms with Crippen molar-refractivity contribution < 1.29 is 0 Å². The van der Waals surface area contributed by atoms with Crippen molar-refractivity contribution in [3.05, 3.63) is 47.9 Å².